The highest BCUT2D eigenvalue weighted by Crippen LogP contribution is 2.29. The zero-order valence-electron chi connectivity index (χ0n) is 17.2. The Labute approximate surface area is 176 Å². The number of hydrogen-bond donors (Lipinski definition) is 1. The number of nitro benzene ring substituents is 1. The van der Waals surface area contributed by atoms with Crippen LogP contribution in [0.1, 0.15) is 19.4 Å². The smallest absolute Gasteiger partial charge is 0.293 e. The highest BCUT2D eigenvalue weighted by atomic mass is 32.2. The van der Waals surface area contributed by atoms with Gasteiger partial charge in [-0.15, -0.1) is 0 Å². The number of methoxy groups -OCH3 is 1. The number of sulfonamides is 1. The molecule has 0 radical (unpaired) electrons. The van der Waals surface area contributed by atoms with Crippen molar-refractivity contribution in [3.8, 4) is 5.88 Å². The maximum absolute atomic E-state index is 12.6. The fraction of sp³-hybridized carbons (Fsp3) is 0.421. The number of aromatic nitrogens is 1. The molecule has 1 aromatic heterocycles. The van der Waals surface area contributed by atoms with E-state index in [-0.39, 0.29) is 35.9 Å². The Kier molecular flexibility index (Phi) is 8.51. The molecular formula is C19H26N4O6S. The van der Waals surface area contributed by atoms with E-state index in [9.17, 15) is 18.5 Å². The first-order valence-electron chi connectivity index (χ1n) is 9.42. The van der Waals surface area contributed by atoms with E-state index in [1.165, 1.54) is 16.4 Å². The number of anilines is 1. The normalized spacial score (nSPS) is 11.5. The lowest BCUT2D eigenvalue weighted by atomic mass is 10.2. The highest BCUT2D eigenvalue weighted by Gasteiger charge is 2.25. The second-order valence-corrected chi connectivity index (χ2v) is 8.16. The Hall–Kier alpha value is -2.76. The third-order valence-electron chi connectivity index (χ3n) is 4.33. The number of pyridine rings is 1. The highest BCUT2D eigenvalue weighted by molar-refractivity contribution is 7.89. The summed E-state index contributed by atoms with van der Waals surface area (Å²) in [6.07, 6.45) is 1.60. The molecule has 2 rings (SSSR count). The number of nitro groups is 1. The van der Waals surface area contributed by atoms with Gasteiger partial charge in [0.1, 0.15) is 12.3 Å². The summed E-state index contributed by atoms with van der Waals surface area (Å²) in [6, 6.07) is 7.34. The molecule has 164 valence electrons. The van der Waals surface area contributed by atoms with E-state index in [1.807, 2.05) is 0 Å². The second-order valence-electron chi connectivity index (χ2n) is 6.22. The summed E-state index contributed by atoms with van der Waals surface area (Å²) in [6.45, 7) is 5.11. The van der Waals surface area contributed by atoms with Crippen molar-refractivity contribution in [2.24, 2.45) is 0 Å². The van der Waals surface area contributed by atoms with Crippen molar-refractivity contribution in [1.82, 2.24) is 9.29 Å². The molecule has 0 aliphatic heterocycles. The number of nitrogens with zero attached hydrogens (tertiary/aromatic N) is 3. The van der Waals surface area contributed by atoms with E-state index in [1.54, 1.807) is 39.3 Å². The van der Waals surface area contributed by atoms with Crippen LogP contribution in [0.5, 0.6) is 5.88 Å². The van der Waals surface area contributed by atoms with E-state index in [0.717, 1.165) is 11.6 Å². The van der Waals surface area contributed by atoms with Crippen LogP contribution >= 0.6 is 0 Å². The van der Waals surface area contributed by atoms with Gasteiger partial charge in [0.05, 0.1) is 16.4 Å². The van der Waals surface area contributed by atoms with Gasteiger partial charge in [-0.05, 0) is 17.7 Å². The Balaban J connectivity index is 2.15. The number of rotatable bonds is 12. The predicted octanol–water partition coefficient (Wildman–Crippen LogP) is 2.66. The molecule has 0 unspecified atom stereocenters. The zero-order chi connectivity index (χ0) is 22.1. The van der Waals surface area contributed by atoms with Crippen LogP contribution in [0.2, 0.25) is 0 Å². The summed E-state index contributed by atoms with van der Waals surface area (Å²) in [5.74, 6) is 0.452. The average Bonchev–Trinajstić information content (AvgIpc) is 2.73. The molecule has 0 saturated carbocycles. The lowest BCUT2D eigenvalue weighted by Crippen LogP contribution is -2.30. The van der Waals surface area contributed by atoms with Crippen LogP contribution in [0.15, 0.2) is 41.4 Å². The standard InChI is InChI=1S/C19H26N4O6S/c1-4-22(5-2)30(26,27)16-7-8-17(18(12-16)23(24)25)20-13-15-6-9-19(21-14-15)29-11-10-28-3/h6-9,12,14,20H,4-5,10-11,13H2,1-3H3. The van der Waals surface area contributed by atoms with Crippen molar-refractivity contribution in [3.05, 3.63) is 52.2 Å². The van der Waals surface area contributed by atoms with Crippen LogP contribution < -0.4 is 10.1 Å². The van der Waals surface area contributed by atoms with Gasteiger partial charge in [0, 0.05) is 45.1 Å². The van der Waals surface area contributed by atoms with Gasteiger partial charge in [0.15, 0.2) is 0 Å². The molecule has 11 heteroatoms. The van der Waals surface area contributed by atoms with Crippen LogP contribution in [0, 0.1) is 10.1 Å². The van der Waals surface area contributed by atoms with Gasteiger partial charge in [-0.3, -0.25) is 10.1 Å². The largest absolute Gasteiger partial charge is 0.475 e. The minimum Gasteiger partial charge on any atom is -0.475 e. The molecule has 0 amide bonds. The van der Waals surface area contributed by atoms with E-state index < -0.39 is 14.9 Å². The predicted molar refractivity (Wildman–Crippen MR) is 112 cm³/mol. The molecule has 1 heterocycles. The van der Waals surface area contributed by atoms with E-state index >= 15 is 0 Å². The number of nitrogens with one attached hydrogen (secondary N) is 1. The summed E-state index contributed by atoms with van der Waals surface area (Å²) in [4.78, 5) is 15.0. The third-order valence-corrected chi connectivity index (χ3v) is 6.37. The van der Waals surface area contributed by atoms with Crippen LogP contribution in [-0.2, 0) is 21.3 Å². The molecular weight excluding hydrogens is 412 g/mol. The van der Waals surface area contributed by atoms with Crippen LogP contribution in [0.25, 0.3) is 0 Å². The monoisotopic (exact) mass is 438 g/mol. The molecule has 1 N–H and O–H groups in total. The molecule has 2 aromatic rings. The van der Waals surface area contributed by atoms with Crippen molar-refractivity contribution in [3.63, 3.8) is 0 Å². The van der Waals surface area contributed by atoms with Gasteiger partial charge >= 0.3 is 0 Å². The minimum absolute atomic E-state index is 0.109. The SMILES string of the molecule is CCN(CC)S(=O)(=O)c1ccc(NCc2ccc(OCCOC)nc2)c([N+](=O)[O-])c1. The van der Waals surface area contributed by atoms with Gasteiger partial charge in [0.25, 0.3) is 5.69 Å². The molecule has 0 saturated heterocycles. The minimum atomic E-state index is -3.79. The Morgan fingerprint density at radius 1 is 1.17 bits per heavy atom. The van der Waals surface area contributed by atoms with Crippen molar-refractivity contribution in [2.45, 2.75) is 25.3 Å². The van der Waals surface area contributed by atoms with Gasteiger partial charge in [0.2, 0.25) is 15.9 Å². The fourth-order valence-corrected chi connectivity index (χ4v) is 4.19. The molecule has 1 aromatic carbocycles. The number of benzene rings is 1. The van der Waals surface area contributed by atoms with E-state index in [4.69, 9.17) is 9.47 Å². The quantitative estimate of drug-likeness (QED) is 0.305. The van der Waals surface area contributed by atoms with Crippen LogP contribution in [-0.4, -0.2) is 56.0 Å². The summed E-state index contributed by atoms with van der Waals surface area (Å²) < 4.78 is 36.8. The molecule has 0 atom stereocenters. The van der Waals surface area contributed by atoms with Crippen LogP contribution in [0.4, 0.5) is 11.4 Å². The fourth-order valence-electron chi connectivity index (χ4n) is 2.71. The number of ether oxygens (including phenoxy) is 2. The Morgan fingerprint density at radius 3 is 2.47 bits per heavy atom. The lowest BCUT2D eigenvalue weighted by molar-refractivity contribution is -0.384. The first-order valence-corrected chi connectivity index (χ1v) is 10.9. The van der Waals surface area contributed by atoms with Gasteiger partial charge in [-0.25, -0.2) is 13.4 Å². The Morgan fingerprint density at radius 2 is 1.90 bits per heavy atom. The van der Waals surface area contributed by atoms with Crippen LogP contribution in [0.3, 0.4) is 0 Å². The van der Waals surface area contributed by atoms with Gasteiger partial charge in [-0.1, -0.05) is 19.9 Å². The zero-order valence-corrected chi connectivity index (χ0v) is 18.0. The third kappa shape index (κ3) is 5.88. The molecule has 0 aliphatic carbocycles. The second kappa shape index (κ2) is 10.9. The first kappa shape index (κ1) is 23.5. The summed E-state index contributed by atoms with van der Waals surface area (Å²) >= 11 is 0. The molecule has 10 nitrogen and oxygen atoms in total. The number of hydrogen-bond acceptors (Lipinski definition) is 8. The topological polar surface area (TPSA) is 124 Å². The molecule has 0 fully saturated rings. The first-order chi connectivity index (χ1) is 14.3. The van der Waals surface area contributed by atoms with Crippen molar-refractivity contribution in [1.29, 1.82) is 0 Å². The van der Waals surface area contributed by atoms with E-state index in [2.05, 4.69) is 10.3 Å². The molecule has 0 bridgehead atoms. The van der Waals surface area contributed by atoms with Gasteiger partial charge in [-0.2, -0.15) is 4.31 Å². The van der Waals surface area contributed by atoms with Crippen molar-refractivity contribution < 1.29 is 22.8 Å². The summed E-state index contributed by atoms with van der Waals surface area (Å²) in [7, 11) is -2.21. The van der Waals surface area contributed by atoms with E-state index in [0.29, 0.717) is 19.1 Å². The average molecular weight is 439 g/mol. The van der Waals surface area contributed by atoms with Crippen molar-refractivity contribution >= 4 is 21.4 Å². The van der Waals surface area contributed by atoms with Gasteiger partial charge < -0.3 is 14.8 Å². The maximum Gasteiger partial charge on any atom is 0.293 e. The molecule has 30 heavy (non-hydrogen) atoms. The molecule has 0 aliphatic rings. The lowest BCUT2D eigenvalue weighted by Gasteiger charge is -2.18. The maximum atomic E-state index is 12.6. The summed E-state index contributed by atoms with van der Waals surface area (Å²) in [5, 5.41) is 14.5. The molecule has 0 spiro atoms. The van der Waals surface area contributed by atoms with Crippen molar-refractivity contribution in [2.75, 3.05) is 38.7 Å². The summed E-state index contributed by atoms with van der Waals surface area (Å²) in [5.41, 5.74) is 0.692. The Bertz CT molecular complexity index is 946.